The highest BCUT2D eigenvalue weighted by molar-refractivity contribution is 5.89. The van der Waals surface area contributed by atoms with Gasteiger partial charge in [0, 0.05) is 31.4 Å². The molecule has 0 spiro atoms. The van der Waals surface area contributed by atoms with Crippen LogP contribution in [0.4, 0.5) is 0 Å². The maximum Gasteiger partial charge on any atom is 0.337 e. The lowest BCUT2D eigenvalue weighted by Crippen LogP contribution is -2.09. The van der Waals surface area contributed by atoms with Gasteiger partial charge in [-0.05, 0) is 19.9 Å². The van der Waals surface area contributed by atoms with Crippen molar-refractivity contribution in [1.29, 1.82) is 0 Å². The summed E-state index contributed by atoms with van der Waals surface area (Å²) in [6, 6.07) is 1.70. The summed E-state index contributed by atoms with van der Waals surface area (Å²) >= 11 is 0. The predicted octanol–water partition coefficient (Wildman–Crippen LogP) is 1.17. The molecule has 6 nitrogen and oxygen atoms in total. The monoisotopic (exact) mass is 248 g/mol. The third kappa shape index (κ3) is 2.13. The van der Waals surface area contributed by atoms with Crippen molar-refractivity contribution in [2.24, 2.45) is 7.05 Å². The number of hydrogen-bond acceptors (Lipinski definition) is 3. The number of carbonyl (C=O) groups is 1. The summed E-state index contributed by atoms with van der Waals surface area (Å²) in [7, 11) is 1.85. The molecule has 0 unspecified atom stereocenters. The molecule has 0 radical (unpaired) electrons. The Hall–Kier alpha value is -2.11. The summed E-state index contributed by atoms with van der Waals surface area (Å²) in [5, 5.41) is 13.1. The fourth-order valence-corrected chi connectivity index (χ4v) is 2.12. The molecule has 1 N–H and O–H groups in total. The highest BCUT2D eigenvalue weighted by Gasteiger charge is 2.14. The van der Waals surface area contributed by atoms with E-state index in [0.29, 0.717) is 12.1 Å². The Bertz CT molecular complexity index is 583. The van der Waals surface area contributed by atoms with Crippen LogP contribution in [0.2, 0.25) is 0 Å². The van der Waals surface area contributed by atoms with Crippen molar-refractivity contribution in [3.8, 4) is 0 Å². The van der Waals surface area contributed by atoms with Gasteiger partial charge in [0.2, 0.25) is 0 Å². The number of hydrogen-bond donors (Lipinski definition) is 1. The molecule has 0 fully saturated rings. The van der Waals surface area contributed by atoms with E-state index in [0.717, 1.165) is 23.6 Å². The zero-order valence-electron chi connectivity index (χ0n) is 10.7. The maximum atomic E-state index is 11.0. The number of carboxylic acid groups (broad SMARTS) is 1. The second kappa shape index (κ2) is 4.64. The molecule has 0 aliphatic rings. The second-order valence-electron chi connectivity index (χ2n) is 4.29. The average molecular weight is 248 g/mol. The normalized spacial score (nSPS) is 10.8. The third-order valence-electron chi connectivity index (χ3n) is 3.17. The summed E-state index contributed by atoms with van der Waals surface area (Å²) in [6.07, 6.45) is 2.25. The summed E-state index contributed by atoms with van der Waals surface area (Å²) in [4.78, 5) is 15.2. The molecule has 0 bridgehead atoms. The first-order chi connectivity index (χ1) is 8.50. The van der Waals surface area contributed by atoms with Crippen molar-refractivity contribution in [2.45, 2.75) is 26.8 Å². The van der Waals surface area contributed by atoms with Crippen LogP contribution in [-0.4, -0.2) is 30.4 Å². The zero-order chi connectivity index (χ0) is 13.3. The molecule has 0 aliphatic carbocycles. The van der Waals surface area contributed by atoms with Crippen molar-refractivity contribution in [3.63, 3.8) is 0 Å². The highest BCUT2D eigenvalue weighted by Crippen LogP contribution is 2.15. The number of aryl methyl sites for hydroxylation is 3. The fourth-order valence-electron chi connectivity index (χ4n) is 2.12. The van der Waals surface area contributed by atoms with E-state index in [2.05, 4.69) is 10.1 Å². The first-order valence-electron chi connectivity index (χ1n) is 5.73. The van der Waals surface area contributed by atoms with Crippen LogP contribution in [0.25, 0.3) is 0 Å². The van der Waals surface area contributed by atoms with Gasteiger partial charge in [0.25, 0.3) is 0 Å². The predicted molar refractivity (Wildman–Crippen MR) is 65.6 cm³/mol. The Morgan fingerprint density at radius 2 is 2.17 bits per heavy atom. The Labute approximate surface area is 105 Å². The lowest BCUT2D eigenvalue weighted by Gasteiger charge is -2.08. The van der Waals surface area contributed by atoms with Gasteiger partial charge in [-0.3, -0.25) is 4.68 Å². The van der Waals surface area contributed by atoms with Gasteiger partial charge in [-0.2, -0.15) is 5.10 Å². The van der Waals surface area contributed by atoms with Gasteiger partial charge in [-0.25, -0.2) is 9.78 Å². The Balaban J connectivity index is 2.20. The van der Waals surface area contributed by atoms with Crippen LogP contribution in [0.3, 0.4) is 0 Å². The first-order valence-corrected chi connectivity index (χ1v) is 5.73. The van der Waals surface area contributed by atoms with Crippen LogP contribution >= 0.6 is 0 Å². The Morgan fingerprint density at radius 1 is 1.44 bits per heavy atom. The van der Waals surface area contributed by atoms with E-state index in [9.17, 15) is 4.79 Å². The van der Waals surface area contributed by atoms with Crippen molar-refractivity contribution >= 4 is 5.97 Å². The van der Waals surface area contributed by atoms with Gasteiger partial charge < -0.3 is 9.67 Å². The van der Waals surface area contributed by atoms with Crippen molar-refractivity contribution in [1.82, 2.24) is 19.3 Å². The van der Waals surface area contributed by atoms with Crippen LogP contribution in [0.1, 0.15) is 27.6 Å². The van der Waals surface area contributed by atoms with Crippen LogP contribution in [0.15, 0.2) is 12.4 Å². The number of rotatable bonds is 4. The quantitative estimate of drug-likeness (QED) is 0.881. The number of carboxylic acids is 1. The van der Waals surface area contributed by atoms with Gasteiger partial charge in [-0.1, -0.05) is 0 Å². The van der Waals surface area contributed by atoms with E-state index in [4.69, 9.17) is 5.11 Å². The number of aromatic carboxylic acids is 1. The molecule has 18 heavy (non-hydrogen) atoms. The van der Waals surface area contributed by atoms with E-state index in [1.165, 1.54) is 6.33 Å². The lowest BCUT2D eigenvalue weighted by atomic mass is 10.2. The molecule has 2 heterocycles. The van der Waals surface area contributed by atoms with Crippen LogP contribution in [0, 0.1) is 13.8 Å². The topological polar surface area (TPSA) is 72.9 Å². The van der Waals surface area contributed by atoms with Crippen molar-refractivity contribution in [2.75, 3.05) is 0 Å². The minimum atomic E-state index is -0.881. The molecule has 0 saturated carbocycles. The van der Waals surface area contributed by atoms with Gasteiger partial charge in [0.05, 0.1) is 5.56 Å². The van der Waals surface area contributed by atoms with Gasteiger partial charge in [-0.15, -0.1) is 0 Å². The van der Waals surface area contributed by atoms with Crippen molar-refractivity contribution in [3.05, 3.63) is 35.2 Å². The minimum absolute atomic E-state index is 0.366. The molecular formula is C12H16N4O2. The summed E-state index contributed by atoms with van der Waals surface area (Å²) < 4.78 is 3.73. The van der Waals surface area contributed by atoms with E-state index < -0.39 is 5.97 Å². The van der Waals surface area contributed by atoms with Crippen molar-refractivity contribution < 1.29 is 9.90 Å². The molecule has 0 amide bonds. The molecule has 0 aliphatic heterocycles. The number of aromatic nitrogens is 4. The zero-order valence-corrected chi connectivity index (χ0v) is 10.7. The number of nitrogens with zero attached hydrogens (tertiary/aromatic N) is 4. The highest BCUT2D eigenvalue weighted by atomic mass is 16.4. The molecule has 96 valence electrons. The SMILES string of the molecule is Cc1cc(C(=O)O)c(C)n1CCc1ncnn1C. The molecule has 2 aromatic heterocycles. The van der Waals surface area contributed by atoms with Crippen LogP contribution in [-0.2, 0) is 20.0 Å². The first kappa shape index (κ1) is 12.3. The molecule has 0 aromatic carbocycles. The smallest absolute Gasteiger partial charge is 0.337 e. The maximum absolute atomic E-state index is 11.0. The Morgan fingerprint density at radius 3 is 2.67 bits per heavy atom. The fraction of sp³-hybridized carbons (Fsp3) is 0.417. The molecule has 0 saturated heterocycles. The molecular weight excluding hydrogens is 232 g/mol. The average Bonchev–Trinajstić information content (AvgIpc) is 2.82. The largest absolute Gasteiger partial charge is 0.478 e. The lowest BCUT2D eigenvalue weighted by molar-refractivity contribution is 0.0696. The standard InChI is InChI=1S/C12H16N4O2/c1-8-6-10(12(17)18)9(2)16(8)5-4-11-13-7-14-15(11)3/h6-7H,4-5H2,1-3H3,(H,17,18). The Kier molecular flexibility index (Phi) is 3.18. The van der Waals surface area contributed by atoms with Gasteiger partial charge in [0.15, 0.2) is 0 Å². The van der Waals surface area contributed by atoms with E-state index >= 15 is 0 Å². The molecule has 0 atom stereocenters. The van der Waals surface area contributed by atoms with Crippen LogP contribution in [0.5, 0.6) is 0 Å². The summed E-state index contributed by atoms with van der Waals surface area (Å²) in [6.45, 7) is 4.45. The van der Waals surface area contributed by atoms with E-state index in [-0.39, 0.29) is 0 Å². The van der Waals surface area contributed by atoms with Crippen LogP contribution < -0.4 is 0 Å². The second-order valence-corrected chi connectivity index (χ2v) is 4.29. The molecule has 2 aromatic rings. The van der Waals surface area contributed by atoms with E-state index in [1.807, 2.05) is 25.5 Å². The summed E-state index contributed by atoms with van der Waals surface area (Å²) in [5.41, 5.74) is 2.10. The third-order valence-corrected chi connectivity index (χ3v) is 3.17. The van der Waals surface area contributed by atoms with Gasteiger partial charge in [0.1, 0.15) is 12.2 Å². The molecule has 6 heteroatoms. The molecule has 2 rings (SSSR count). The van der Waals surface area contributed by atoms with Gasteiger partial charge >= 0.3 is 5.97 Å². The minimum Gasteiger partial charge on any atom is -0.478 e. The summed E-state index contributed by atoms with van der Waals surface area (Å²) in [5.74, 6) is 0.00684. The van der Waals surface area contributed by atoms with E-state index in [1.54, 1.807) is 10.7 Å².